The SMILES string of the molecule is CCCCCCCCCCCOC(=O)OCOC1=C2O[C@H]3C(=O)CC[C@@]4(O)C5CC(C=C1)C2[C@@]34CCN5CC1CC1. The molecule has 41 heavy (non-hydrogen) atoms. The normalized spacial score (nSPS) is 35.2. The fourth-order valence-electron chi connectivity index (χ4n) is 8.72. The van der Waals surface area contributed by atoms with Gasteiger partial charge in [0.15, 0.2) is 17.6 Å². The van der Waals surface area contributed by atoms with Crippen LogP contribution in [0.25, 0.3) is 0 Å². The first-order valence-electron chi connectivity index (χ1n) is 16.5. The number of carbonyl (C=O) groups excluding carboxylic acids is 2. The monoisotopic (exact) mass is 571 g/mol. The molecule has 1 spiro atoms. The maximum absolute atomic E-state index is 13.2. The Bertz CT molecular complexity index is 1040. The predicted molar refractivity (Wildman–Crippen MR) is 153 cm³/mol. The summed E-state index contributed by atoms with van der Waals surface area (Å²) in [5, 5.41) is 12.4. The molecule has 0 radical (unpaired) electrons. The Morgan fingerprint density at radius 3 is 2.59 bits per heavy atom. The molecule has 3 unspecified atom stereocenters. The molecule has 2 aliphatic heterocycles. The van der Waals surface area contributed by atoms with Crippen molar-refractivity contribution in [3.05, 3.63) is 23.7 Å². The molecule has 0 aromatic rings. The number of piperidine rings is 1. The molecule has 8 heteroatoms. The molecule has 2 bridgehead atoms. The molecule has 0 aromatic carbocycles. The van der Waals surface area contributed by atoms with Gasteiger partial charge in [-0.2, -0.15) is 0 Å². The number of ether oxygens (including phenoxy) is 4. The summed E-state index contributed by atoms with van der Waals surface area (Å²) in [7, 11) is 0. The summed E-state index contributed by atoms with van der Waals surface area (Å²) in [5.74, 6) is 2.07. The second kappa shape index (κ2) is 12.3. The van der Waals surface area contributed by atoms with Crippen LogP contribution in [0.4, 0.5) is 4.79 Å². The van der Waals surface area contributed by atoms with Crippen molar-refractivity contribution < 1.29 is 33.6 Å². The van der Waals surface area contributed by atoms with Gasteiger partial charge in [-0.1, -0.05) is 64.4 Å². The van der Waals surface area contributed by atoms with Gasteiger partial charge in [-0.3, -0.25) is 9.69 Å². The molecule has 228 valence electrons. The zero-order chi connectivity index (χ0) is 28.5. The Kier molecular flexibility index (Phi) is 8.69. The van der Waals surface area contributed by atoms with Crippen molar-refractivity contribution in [1.29, 1.82) is 0 Å². The number of hydrogen-bond acceptors (Lipinski definition) is 8. The Balaban J connectivity index is 1.01. The topological polar surface area (TPSA) is 94.5 Å². The molecule has 6 aliphatic rings. The fourth-order valence-corrected chi connectivity index (χ4v) is 8.72. The summed E-state index contributed by atoms with van der Waals surface area (Å²) in [6.07, 6.45) is 18.5. The molecule has 6 atom stereocenters. The smallest absolute Gasteiger partial charge is 0.482 e. The molecule has 1 N–H and O–H groups in total. The van der Waals surface area contributed by atoms with E-state index in [1.54, 1.807) is 0 Å². The van der Waals surface area contributed by atoms with E-state index < -0.39 is 23.3 Å². The first kappa shape index (κ1) is 29.0. The van der Waals surface area contributed by atoms with E-state index in [0.717, 1.165) is 44.7 Å². The van der Waals surface area contributed by atoms with Gasteiger partial charge in [0, 0.05) is 24.9 Å². The largest absolute Gasteiger partial charge is 0.511 e. The molecule has 0 aromatic heterocycles. The third-order valence-electron chi connectivity index (χ3n) is 10.9. The molecule has 8 nitrogen and oxygen atoms in total. The molecule has 2 saturated heterocycles. The molecule has 0 amide bonds. The molecule has 6 rings (SSSR count). The highest BCUT2D eigenvalue weighted by Crippen LogP contribution is 2.69. The average molecular weight is 572 g/mol. The van der Waals surface area contributed by atoms with Crippen LogP contribution >= 0.6 is 0 Å². The number of likely N-dealkylation sites (tertiary alicyclic amines) is 1. The Morgan fingerprint density at radius 1 is 1.07 bits per heavy atom. The number of carbonyl (C=O) groups is 2. The van der Waals surface area contributed by atoms with Crippen molar-refractivity contribution in [3.8, 4) is 0 Å². The van der Waals surface area contributed by atoms with E-state index in [1.165, 1.54) is 57.8 Å². The van der Waals surface area contributed by atoms with Crippen LogP contribution in [0.2, 0.25) is 0 Å². The number of allylic oxidation sites excluding steroid dienone is 3. The highest BCUT2D eigenvalue weighted by molar-refractivity contribution is 5.87. The average Bonchev–Trinajstić information content (AvgIpc) is 3.71. The highest BCUT2D eigenvalue weighted by Gasteiger charge is 2.77. The van der Waals surface area contributed by atoms with E-state index in [-0.39, 0.29) is 30.5 Å². The van der Waals surface area contributed by atoms with E-state index in [0.29, 0.717) is 31.0 Å². The summed E-state index contributed by atoms with van der Waals surface area (Å²) in [5.41, 5.74) is -1.58. The van der Waals surface area contributed by atoms with Crippen molar-refractivity contribution >= 4 is 11.9 Å². The van der Waals surface area contributed by atoms with Gasteiger partial charge < -0.3 is 24.1 Å². The number of hydrogen-bond donors (Lipinski definition) is 1. The molecule has 3 saturated carbocycles. The zero-order valence-corrected chi connectivity index (χ0v) is 24.8. The first-order valence-corrected chi connectivity index (χ1v) is 16.5. The number of ketones is 1. The molecule has 2 heterocycles. The lowest BCUT2D eigenvalue weighted by Crippen LogP contribution is -2.76. The highest BCUT2D eigenvalue weighted by atomic mass is 16.8. The summed E-state index contributed by atoms with van der Waals surface area (Å²) < 4.78 is 22.8. The number of nitrogens with zero attached hydrogens (tertiary/aromatic N) is 1. The number of unbranched alkanes of at least 4 members (excludes halogenated alkanes) is 8. The van der Waals surface area contributed by atoms with Crippen LogP contribution in [-0.4, -0.2) is 66.2 Å². The van der Waals surface area contributed by atoms with Crippen molar-refractivity contribution in [2.45, 2.75) is 121 Å². The van der Waals surface area contributed by atoms with Crippen LogP contribution in [0.3, 0.4) is 0 Å². The Morgan fingerprint density at radius 2 is 1.83 bits per heavy atom. The zero-order valence-electron chi connectivity index (χ0n) is 24.8. The van der Waals surface area contributed by atoms with Crippen LogP contribution in [0.5, 0.6) is 0 Å². The van der Waals surface area contributed by atoms with Gasteiger partial charge in [0.25, 0.3) is 0 Å². The van der Waals surface area contributed by atoms with Gasteiger partial charge in [-0.05, 0) is 63.0 Å². The maximum atomic E-state index is 13.2. The van der Waals surface area contributed by atoms with Gasteiger partial charge in [-0.25, -0.2) is 4.79 Å². The summed E-state index contributed by atoms with van der Waals surface area (Å²) in [6.45, 7) is 4.23. The summed E-state index contributed by atoms with van der Waals surface area (Å²) >= 11 is 0. The lowest BCUT2D eigenvalue weighted by molar-refractivity contribution is -0.244. The van der Waals surface area contributed by atoms with Gasteiger partial charge in [0.05, 0.1) is 17.6 Å². The molecule has 4 aliphatic carbocycles. The third-order valence-corrected chi connectivity index (χ3v) is 10.9. The minimum Gasteiger partial charge on any atom is -0.482 e. The first-order chi connectivity index (χ1) is 20.0. The lowest BCUT2D eigenvalue weighted by Gasteiger charge is -2.65. The number of aliphatic hydroxyl groups is 1. The Labute approximate surface area is 244 Å². The van der Waals surface area contributed by atoms with Crippen molar-refractivity contribution in [3.63, 3.8) is 0 Å². The lowest BCUT2D eigenvalue weighted by atomic mass is 9.44. The van der Waals surface area contributed by atoms with Crippen molar-refractivity contribution in [2.24, 2.45) is 23.2 Å². The van der Waals surface area contributed by atoms with Crippen LogP contribution in [0, 0.1) is 23.2 Å². The van der Waals surface area contributed by atoms with Crippen LogP contribution in [-0.2, 0) is 23.7 Å². The van der Waals surface area contributed by atoms with E-state index in [4.69, 9.17) is 18.9 Å². The number of rotatable bonds is 15. The van der Waals surface area contributed by atoms with Crippen molar-refractivity contribution in [1.82, 2.24) is 4.90 Å². The van der Waals surface area contributed by atoms with Gasteiger partial charge >= 0.3 is 6.16 Å². The van der Waals surface area contributed by atoms with E-state index in [9.17, 15) is 14.7 Å². The fraction of sp³-hybridized carbons (Fsp3) is 0.818. The van der Waals surface area contributed by atoms with E-state index in [2.05, 4.69) is 17.9 Å². The molecular weight excluding hydrogens is 522 g/mol. The second-order valence-corrected chi connectivity index (χ2v) is 13.4. The minimum atomic E-state index is -0.951. The summed E-state index contributed by atoms with van der Waals surface area (Å²) in [6, 6.07) is 0.0488. The second-order valence-electron chi connectivity index (χ2n) is 13.4. The predicted octanol–water partition coefficient (Wildman–Crippen LogP) is 6.03. The van der Waals surface area contributed by atoms with E-state index >= 15 is 0 Å². The third kappa shape index (κ3) is 5.44. The molecular formula is C33H49NO7. The van der Waals surface area contributed by atoms with Crippen LogP contribution in [0.1, 0.15) is 103 Å². The minimum absolute atomic E-state index is 0.0488. The van der Waals surface area contributed by atoms with Crippen molar-refractivity contribution in [2.75, 3.05) is 26.5 Å². The van der Waals surface area contributed by atoms with Crippen LogP contribution < -0.4 is 0 Å². The van der Waals surface area contributed by atoms with Gasteiger partial charge in [-0.15, -0.1) is 0 Å². The number of Topliss-reactive ketones (excluding diaryl/α,β-unsaturated/α-hetero) is 1. The molecule has 5 fully saturated rings. The van der Waals surface area contributed by atoms with Gasteiger partial charge in [0.2, 0.25) is 6.79 Å². The quantitative estimate of drug-likeness (QED) is 0.145. The van der Waals surface area contributed by atoms with E-state index in [1.807, 2.05) is 6.08 Å². The standard InChI is InChI=1S/C33H49NO7/c1-2-3-4-5-6-7-8-9-10-19-38-31(36)40-22-39-26-14-13-24-20-27-33(37)16-15-25(35)30-32(33,28(24)29(26)41-30)17-18-34(27)21-23-11-12-23/h13-14,23-24,27-28,30,37H,2-12,15-22H2,1H3/t24?,27?,28?,30-,32-,33+/m0/s1. The maximum Gasteiger partial charge on any atom is 0.511 e. The van der Waals surface area contributed by atoms with Gasteiger partial charge in [0.1, 0.15) is 5.76 Å². The Hall–Kier alpha value is -2.06. The summed E-state index contributed by atoms with van der Waals surface area (Å²) in [4.78, 5) is 27.9. The van der Waals surface area contributed by atoms with Crippen LogP contribution in [0.15, 0.2) is 23.7 Å².